The van der Waals surface area contributed by atoms with Crippen LogP contribution in [0.25, 0.3) is 10.9 Å². The van der Waals surface area contributed by atoms with Crippen LogP contribution in [0.2, 0.25) is 0 Å². The number of nitrogens with one attached hydrogen (secondary N) is 1. The van der Waals surface area contributed by atoms with Crippen molar-refractivity contribution in [2.45, 2.75) is 76.8 Å². The van der Waals surface area contributed by atoms with Crippen LogP contribution in [-0.2, 0) is 12.8 Å². The lowest BCUT2D eigenvalue weighted by atomic mass is 9.74. The summed E-state index contributed by atoms with van der Waals surface area (Å²) in [5.41, 5.74) is 8.76. The molecular formula is C25H38N4OS. The minimum atomic E-state index is -0.0172. The predicted octanol–water partition coefficient (Wildman–Crippen LogP) is 5.45. The molecule has 170 valence electrons. The molecule has 2 atom stereocenters. The second kappa shape index (κ2) is 9.45. The van der Waals surface area contributed by atoms with Crippen molar-refractivity contribution < 1.29 is 4.79 Å². The van der Waals surface area contributed by atoms with Crippen molar-refractivity contribution in [3.63, 3.8) is 0 Å². The van der Waals surface area contributed by atoms with E-state index in [0.717, 1.165) is 12.8 Å². The van der Waals surface area contributed by atoms with E-state index in [1.807, 2.05) is 18.7 Å². The lowest BCUT2D eigenvalue weighted by molar-refractivity contribution is 0.123. The molecule has 1 aromatic heterocycles. The van der Waals surface area contributed by atoms with E-state index in [1.165, 1.54) is 65.0 Å². The van der Waals surface area contributed by atoms with Gasteiger partial charge in [0.1, 0.15) is 0 Å². The number of nitrogens with zero attached hydrogens (tertiary/aromatic N) is 3. The first-order chi connectivity index (χ1) is 15.1. The second-order valence-corrected chi connectivity index (χ2v) is 9.70. The summed E-state index contributed by atoms with van der Waals surface area (Å²) in [7, 11) is 0. The average molecular weight is 443 g/mol. The summed E-state index contributed by atoms with van der Waals surface area (Å²) in [4.78, 5) is 17.6. The Morgan fingerprint density at radius 1 is 1.23 bits per heavy atom. The highest BCUT2D eigenvalue weighted by molar-refractivity contribution is 7.98. The standard InChI is InChI=1S/C25H38N4OS/c1-6-12-28-13-10-11-18-19-14-17(7-2)15-22-23(19)20(16-21(18)28)24(31-5)29(22)26-25(30)27(8-3)9-4/h14-15,18,21H,6-13,16H2,1-5H3,(H,26,30)/t18-,21-/m1/s1. The Morgan fingerprint density at radius 3 is 2.65 bits per heavy atom. The molecule has 1 saturated heterocycles. The van der Waals surface area contributed by atoms with Gasteiger partial charge in [0.05, 0.1) is 10.5 Å². The van der Waals surface area contributed by atoms with Gasteiger partial charge in [-0.3, -0.25) is 4.90 Å². The molecule has 0 radical (unpaired) electrons. The third-order valence-corrected chi connectivity index (χ3v) is 8.10. The number of benzene rings is 1. The van der Waals surface area contributed by atoms with E-state index < -0.39 is 0 Å². The maximum absolute atomic E-state index is 13.0. The summed E-state index contributed by atoms with van der Waals surface area (Å²) in [5, 5.41) is 2.60. The van der Waals surface area contributed by atoms with Crippen LogP contribution in [0.5, 0.6) is 0 Å². The van der Waals surface area contributed by atoms with Crippen LogP contribution in [0, 0.1) is 0 Å². The van der Waals surface area contributed by atoms with Crippen LogP contribution in [0.3, 0.4) is 0 Å². The molecule has 2 amide bonds. The third-order valence-electron chi connectivity index (χ3n) is 7.29. The number of aryl methyl sites for hydroxylation is 1. The summed E-state index contributed by atoms with van der Waals surface area (Å²) >= 11 is 1.76. The maximum atomic E-state index is 13.0. The van der Waals surface area contributed by atoms with Crippen molar-refractivity contribution in [3.8, 4) is 0 Å². The first-order valence-corrected chi connectivity index (χ1v) is 13.3. The number of likely N-dealkylation sites (tertiary alicyclic amines) is 1. The van der Waals surface area contributed by atoms with Gasteiger partial charge in [0.25, 0.3) is 0 Å². The molecule has 6 heteroatoms. The fourth-order valence-electron chi connectivity index (χ4n) is 5.79. The molecule has 0 spiro atoms. The van der Waals surface area contributed by atoms with E-state index in [2.05, 4.69) is 47.2 Å². The average Bonchev–Trinajstić information content (AvgIpc) is 3.08. The highest BCUT2D eigenvalue weighted by Crippen LogP contribution is 2.47. The number of thioether (sulfide) groups is 1. The van der Waals surface area contributed by atoms with E-state index in [-0.39, 0.29) is 6.03 Å². The van der Waals surface area contributed by atoms with Crippen LogP contribution in [0.15, 0.2) is 17.2 Å². The Bertz CT molecular complexity index is 947. The van der Waals surface area contributed by atoms with Gasteiger partial charge in [-0.2, -0.15) is 0 Å². The molecule has 2 aliphatic rings. The number of rotatable bonds is 7. The molecule has 1 fully saturated rings. The number of fused-ring (bicyclic) bond motifs is 2. The predicted molar refractivity (Wildman–Crippen MR) is 132 cm³/mol. The fourth-order valence-corrected chi connectivity index (χ4v) is 6.55. The summed E-state index contributed by atoms with van der Waals surface area (Å²) < 4.78 is 2.10. The third kappa shape index (κ3) is 3.86. The van der Waals surface area contributed by atoms with Crippen molar-refractivity contribution >= 4 is 28.7 Å². The molecule has 4 rings (SSSR count). The number of aromatic nitrogens is 1. The van der Waals surface area contributed by atoms with Gasteiger partial charge in [0.2, 0.25) is 0 Å². The number of carbonyl (C=O) groups is 1. The fraction of sp³-hybridized carbons (Fsp3) is 0.640. The molecule has 2 heterocycles. The summed E-state index contributed by atoms with van der Waals surface area (Å²) in [6.45, 7) is 12.4. The molecule has 1 aliphatic carbocycles. The maximum Gasteiger partial charge on any atom is 0.336 e. The first-order valence-electron chi connectivity index (χ1n) is 12.1. The number of piperidine rings is 1. The minimum absolute atomic E-state index is 0.0172. The number of hydrogen-bond acceptors (Lipinski definition) is 3. The van der Waals surface area contributed by atoms with Gasteiger partial charge >= 0.3 is 6.03 Å². The molecule has 5 nitrogen and oxygen atoms in total. The molecule has 1 aliphatic heterocycles. The zero-order valence-electron chi connectivity index (χ0n) is 19.8. The van der Waals surface area contributed by atoms with Gasteiger partial charge < -0.3 is 4.90 Å². The molecular weight excluding hydrogens is 404 g/mol. The first kappa shape index (κ1) is 22.5. The Labute approximate surface area is 191 Å². The summed E-state index contributed by atoms with van der Waals surface area (Å²) in [6, 6.07) is 5.34. The van der Waals surface area contributed by atoms with Crippen molar-refractivity contribution in [3.05, 3.63) is 28.8 Å². The number of urea groups is 1. The topological polar surface area (TPSA) is 40.5 Å². The molecule has 0 unspecified atom stereocenters. The van der Waals surface area contributed by atoms with E-state index in [4.69, 9.17) is 0 Å². The zero-order chi connectivity index (χ0) is 22.1. The van der Waals surface area contributed by atoms with E-state index >= 15 is 0 Å². The molecule has 2 aromatic rings. The van der Waals surface area contributed by atoms with E-state index in [9.17, 15) is 4.79 Å². The molecule has 0 bridgehead atoms. The van der Waals surface area contributed by atoms with E-state index in [1.54, 1.807) is 11.8 Å². The highest BCUT2D eigenvalue weighted by Gasteiger charge is 2.39. The number of hydrogen-bond donors (Lipinski definition) is 1. The number of amides is 2. The largest absolute Gasteiger partial charge is 0.336 e. The summed E-state index contributed by atoms with van der Waals surface area (Å²) in [5.74, 6) is 0.603. The smallest absolute Gasteiger partial charge is 0.324 e. The minimum Gasteiger partial charge on any atom is -0.324 e. The van der Waals surface area contributed by atoms with Crippen LogP contribution >= 0.6 is 11.8 Å². The molecule has 1 aromatic carbocycles. The van der Waals surface area contributed by atoms with E-state index in [0.29, 0.717) is 25.0 Å². The van der Waals surface area contributed by atoms with Crippen molar-refractivity contribution in [1.29, 1.82) is 0 Å². The normalized spacial score (nSPS) is 20.7. The Kier molecular flexibility index (Phi) is 6.87. The lowest BCUT2D eigenvalue weighted by Gasteiger charge is -2.44. The molecule has 1 N–H and O–H groups in total. The Hall–Kier alpha value is -1.66. The van der Waals surface area contributed by atoms with Gasteiger partial charge in [-0.15, -0.1) is 11.8 Å². The quantitative estimate of drug-likeness (QED) is 0.580. The van der Waals surface area contributed by atoms with Crippen LogP contribution < -0.4 is 5.43 Å². The van der Waals surface area contributed by atoms with Crippen LogP contribution in [-0.4, -0.2) is 59.0 Å². The second-order valence-electron chi connectivity index (χ2n) is 8.90. The molecule has 31 heavy (non-hydrogen) atoms. The van der Waals surface area contributed by atoms with Crippen molar-refractivity contribution in [2.24, 2.45) is 0 Å². The Balaban J connectivity index is 1.87. The van der Waals surface area contributed by atoms with Gasteiger partial charge in [-0.05, 0) is 88.1 Å². The van der Waals surface area contributed by atoms with Crippen LogP contribution in [0.4, 0.5) is 4.79 Å². The molecule has 0 saturated carbocycles. The van der Waals surface area contributed by atoms with Crippen molar-refractivity contribution in [2.75, 3.05) is 37.9 Å². The van der Waals surface area contributed by atoms with Gasteiger partial charge in [-0.1, -0.05) is 19.9 Å². The van der Waals surface area contributed by atoms with Gasteiger partial charge in [0.15, 0.2) is 0 Å². The van der Waals surface area contributed by atoms with Gasteiger partial charge in [-0.25, -0.2) is 14.9 Å². The Morgan fingerprint density at radius 2 is 2.00 bits per heavy atom. The number of carbonyl (C=O) groups excluding carboxylic acids is 1. The summed E-state index contributed by atoms with van der Waals surface area (Å²) in [6.07, 6.45) is 8.00. The van der Waals surface area contributed by atoms with Crippen molar-refractivity contribution in [1.82, 2.24) is 14.5 Å². The zero-order valence-corrected chi connectivity index (χ0v) is 20.6. The lowest BCUT2D eigenvalue weighted by Crippen LogP contribution is -2.47. The van der Waals surface area contributed by atoms with Crippen LogP contribution in [0.1, 0.15) is 69.6 Å². The SMILES string of the molecule is CCCN1CCC[C@@H]2c3cc(CC)cc4c3c(c(SC)n4NC(=O)N(CC)CC)C[C@H]21. The van der Waals surface area contributed by atoms with Gasteiger partial charge in [0, 0.05) is 30.4 Å². The highest BCUT2D eigenvalue weighted by atomic mass is 32.2. The monoisotopic (exact) mass is 442 g/mol.